The maximum Gasteiger partial charge on any atom is 0.509 e. The van der Waals surface area contributed by atoms with Crippen molar-refractivity contribution in [3.63, 3.8) is 0 Å². The SMILES string of the molecule is COc1ccc(C[C@H]2NC[C@H](OC(=O)OC(C)(C)C)[C@H]2O)cc1. The normalized spacial score (nSPS) is 24.3. The van der Waals surface area contributed by atoms with E-state index >= 15 is 0 Å². The van der Waals surface area contributed by atoms with Gasteiger partial charge in [-0.15, -0.1) is 0 Å². The Morgan fingerprint density at radius 3 is 2.52 bits per heavy atom. The second-order valence-electron chi connectivity index (χ2n) is 6.68. The van der Waals surface area contributed by atoms with Gasteiger partial charge in [-0.25, -0.2) is 4.79 Å². The largest absolute Gasteiger partial charge is 0.509 e. The van der Waals surface area contributed by atoms with E-state index in [0.717, 1.165) is 11.3 Å². The van der Waals surface area contributed by atoms with E-state index in [1.807, 2.05) is 24.3 Å². The lowest BCUT2D eigenvalue weighted by Gasteiger charge is -2.22. The Hall–Kier alpha value is -1.79. The van der Waals surface area contributed by atoms with Crippen LogP contribution in [0.5, 0.6) is 5.75 Å². The van der Waals surface area contributed by atoms with Crippen molar-refractivity contribution < 1.29 is 24.1 Å². The van der Waals surface area contributed by atoms with Crippen LogP contribution in [0.2, 0.25) is 0 Å². The molecule has 6 heteroatoms. The molecule has 1 aliphatic rings. The molecule has 1 aromatic rings. The molecule has 0 bridgehead atoms. The zero-order valence-electron chi connectivity index (χ0n) is 14.0. The highest BCUT2D eigenvalue weighted by Crippen LogP contribution is 2.19. The Morgan fingerprint density at radius 2 is 1.96 bits per heavy atom. The third-order valence-corrected chi connectivity index (χ3v) is 3.63. The summed E-state index contributed by atoms with van der Waals surface area (Å²) in [7, 11) is 1.62. The van der Waals surface area contributed by atoms with Gasteiger partial charge in [0, 0.05) is 12.6 Å². The number of hydrogen-bond donors (Lipinski definition) is 2. The molecule has 0 spiro atoms. The molecule has 2 rings (SSSR count). The number of rotatable bonds is 4. The highest BCUT2D eigenvalue weighted by molar-refractivity contribution is 5.60. The molecule has 1 heterocycles. The highest BCUT2D eigenvalue weighted by atomic mass is 16.7. The Bertz CT molecular complexity index is 523. The molecule has 0 radical (unpaired) electrons. The van der Waals surface area contributed by atoms with E-state index in [-0.39, 0.29) is 6.04 Å². The summed E-state index contributed by atoms with van der Waals surface area (Å²) in [5.41, 5.74) is 0.455. The molecule has 1 aliphatic heterocycles. The second-order valence-corrected chi connectivity index (χ2v) is 6.68. The van der Waals surface area contributed by atoms with Crippen LogP contribution >= 0.6 is 0 Å². The molecule has 1 saturated heterocycles. The minimum Gasteiger partial charge on any atom is -0.497 e. The fourth-order valence-electron chi connectivity index (χ4n) is 2.49. The molecule has 1 fully saturated rings. The zero-order chi connectivity index (χ0) is 17.0. The van der Waals surface area contributed by atoms with Crippen LogP contribution in [0.15, 0.2) is 24.3 Å². The smallest absolute Gasteiger partial charge is 0.497 e. The Morgan fingerprint density at radius 1 is 1.30 bits per heavy atom. The van der Waals surface area contributed by atoms with Gasteiger partial charge in [0.1, 0.15) is 23.6 Å². The van der Waals surface area contributed by atoms with E-state index in [9.17, 15) is 9.90 Å². The number of hydrogen-bond acceptors (Lipinski definition) is 6. The lowest BCUT2D eigenvalue weighted by Crippen LogP contribution is -2.37. The molecule has 0 unspecified atom stereocenters. The van der Waals surface area contributed by atoms with Crippen molar-refractivity contribution >= 4 is 6.16 Å². The fraction of sp³-hybridized carbons (Fsp3) is 0.588. The van der Waals surface area contributed by atoms with Crippen LogP contribution in [0.1, 0.15) is 26.3 Å². The standard InChI is InChI=1S/C17H25NO5/c1-17(2,3)23-16(20)22-14-10-18-13(15(14)19)9-11-5-7-12(21-4)8-6-11/h5-8,13-15,18-19H,9-10H2,1-4H3/t13-,14+,15+/m1/s1. The van der Waals surface area contributed by atoms with Crippen LogP contribution < -0.4 is 10.1 Å². The zero-order valence-corrected chi connectivity index (χ0v) is 14.0. The lowest BCUT2D eigenvalue weighted by molar-refractivity contribution is -0.0486. The summed E-state index contributed by atoms with van der Waals surface area (Å²) < 4.78 is 15.4. The molecule has 0 amide bonds. The van der Waals surface area contributed by atoms with E-state index in [0.29, 0.717) is 13.0 Å². The van der Waals surface area contributed by atoms with Crippen molar-refractivity contribution in [2.45, 2.75) is 51.0 Å². The van der Waals surface area contributed by atoms with Crippen LogP contribution in [0.4, 0.5) is 4.79 Å². The van der Waals surface area contributed by atoms with Gasteiger partial charge < -0.3 is 24.6 Å². The first-order valence-corrected chi connectivity index (χ1v) is 7.72. The van der Waals surface area contributed by atoms with Crippen molar-refractivity contribution in [3.8, 4) is 5.75 Å². The lowest BCUT2D eigenvalue weighted by atomic mass is 10.0. The third kappa shape index (κ3) is 5.11. The first-order valence-electron chi connectivity index (χ1n) is 7.72. The molecule has 3 atom stereocenters. The number of carbonyl (C=O) groups excluding carboxylic acids is 1. The first kappa shape index (κ1) is 17.6. The van der Waals surface area contributed by atoms with Gasteiger partial charge in [0.25, 0.3) is 0 Å². The van der Waals surface area contributed by atoms with E-state index < -0.39 is 24.0 Å². The van der Waals surface area contributed by atoms with Crippen LogP contribution in [0.3, 0.4) is 0 Å². The number of aliphatic hydroxyl groups is 1. The van der Waals surface area contributed by atoms with E-state index in [1.54, 1.807) is 27.9 Å². The molecule has 1 aromatic carbocycles. The summed E-state index contributed by atoms with van der Waals surface area (Å²) in [5, 5.41) is 13.5. The Kier molecular flexibility index (Phi) is 5.49. The Balaban J connectivity index is 1.88. The maximum absolute atomic E-state index is 11.7. The number of aliphatic hydroxyl groups excluding tert-OH is 1. The molecule has 23 heavy (non-hydrogen) atoms. The average Bonchev–Trinajstić information content (AvgIpc) is 2.79. The van der Waals surface area contributed by atoms with Gasteiger partial charge in [-0.05, 0) is 44.9 Å². The van der Waals surface area contributed by atoms with Crippen LogP contribution in [-0.4, -0.2) is 48.8 Å². The second kappa shape index (κ2) is 7.19. The first-order chi connectivity index (χ1) is 10.8. The maximum atomic E-state index is 11.7. The van der Waals surface area contributed by atoms with Gasteiger partial charge >= 0.3 is 6.16 Å². The van der Waals surface area contributed by atoms with E-state index in [4.69, 9.17) is 14.2 Å². The van der Waals surface area contributed by atoms with Gasteiger partial charge in [0.2, 0.25) is 0 Å². The highest BCUT2D eigenvalue weighted by Gasteiger charge is 2.37. The Labute approximate surface area is 136 Å². The molecule has 2 N–H and O–H groups in total. The van der Waals surface area contributed by atoms with Crippen LogP contribution in [0.25, 0.3) is 0 Å². The summed E-state index contributed by atoms with van der Waals surface area (Å²) in [6, 6.07) is 7.50. The topological polar surface area (TPSA) is 77.0 Å². The van der Waals surface area contributed by atoms with Crippen LogP contribution in [0, 0.1) is 0 Å². The van der Waals surface area contributed by atoms with Crippen molar-refractivity contribution in [2.24, 2.45) is 0 Å². The van der Waals surface area contributed by atoms with Crippen molar-refractivity contribution in [1.29, 1.82) is 0 Å². The number of carbonyl (C=O) groups is 1. The van der Waals surface area contributed by atoms with Crippen molar-refractivity contribution in [2.75, 3.05) is 13.7 Å². The van der Waals surface area contributed by atoms with Gasteiger partial charge in [0.05, 0.1) is 7.11 Å². The number of ether oxygens (including phenoxy) is 3. The molecular formula is C17H25NO5. The fourth-order valence-corrected chi connectivity index (χ4v) is 2.49. The van der Waals surface area contributed by atoms with E-state index in [2.05, 4.69) is 5.32 Å². The minimum atomic E-state index is -0.773. The monoisotopic (exact) mass is 323 g/mol. The molecule has 0 saturated carbocycles. The minimum absolute atomic E-state index is 0.171. The predicted molar refractivity (Wildman–Crippen MR) is 85.6 cm³/mol. The van der Waals surface area contributed by atoms with Gasteiger partial charge in [-0.1, -0.05) is 12.1 Å². The van der Waals surface area contributed by atoms with Gasteiger partial charge in [0.15, 0.2) is 0 Å². The molecule has 6 nitrogen and oxygen atoms in total. The molecular weight excluding hydrogens is 298 g/mol. The van der Waals surface area contributed by atoms with Gasteiger partial charge in [-0.2, -0.15) is 0 Å². The van der Waals surface area contributed by atoms with Crippen molar-refractivity contribution in [1.82, 2.24) is 5.32 Å². The van der Waals surface area contributed by atoms with Crippen molar-refractivity contribution in [3.05, 3.63) is 29.8 Å². The average molecular weight is 323 g/mol. The predicted octanol–water partition coefficient (Wildman–Crippen LogP) is 1.89. The molecule has 128 valence electrons. The summed E-state index contributed by atoms with van der Waals surface area (Å²) in [6.45, 7) is 5.71. The van der Waals surface area contributed by atoms with E-state index in [1.165, 1.54) is 0 Å². The number of benzene rings is 1. The summed E-state index contributed by atoms with van der Waals surface area (Å²) in [6.07, 6.45) is -1.49. The number of nitrogens with one attached hydrogen (secondary N) is 1. The molecule has 0 aromatic heterocycles. The quantitative estimate of drug-likeness (QED) is 0.824. The summed E-state index contributed by atoms with van der Waals surface area (Å²) in [4.78, 5) is 11.7. The van der Waals surface area contributed by atoms with Crippen LogP contribution in [-0.2, 0) is 15.9 Å². The van der Waals surface area contributed by atoms with Gasteiger partial charge in [-0.3, -0.25) is 0 Å². The summed E-state index contributed by atoms with van der Waals surface area (Å²) in [5.74, 6) is 0.791. The molecule has 0 aliphatic carbocycles. The summed E-state index contributed by atoms with van der Waals surface area (Å²) >= 11 is 0. The number of methoxy groups -OCH3 is 1. The third-order valence-electron chi connectivity index (χ3n) is 3.63.